The minimum absolute atomic E-state index is 0.152. The molecule has 0 saturated heterocycles. The van der Waals surface area contributed by atoms with Crippen molar-refractivity contribution in [3.63, 3.8) is 0 Å². The number of hydrogen-bond acceptors (Lipinski definition) is 4. The molecule has 18 heavy (non-hydrogen) atoms. The van der Waals surface area contributed by atoms with Crippen molar-refractivity contribution in [1.82, 2.24) is 14.9 Å². The number of aromatic amines is 1. The number of nitrogens with one attached hydrogen (secondary N) is 2. The molecular weight excluding hydrogens is 254 g/mol. The number of rotatable bonds is 3. The Morgan fingerprint density at radius 3 is 2.78 bits per heavy atom. The predicted octanol–water partition coefficient (Wildman–Crippen LogP) is 0.690. The zero-order chi connectivity index (χ0) is 13.2. The number of aromatic nitrogens is 2. The van der Waals surface area contributed by atoms with Crippen molar-refractivity contribution in [1.29, 1.82) is 0 Å². The van der Waals surface area contributed by atoms with Crippen LogP contribution >= 0.6 is 0 Å². The second kappa shape index (κ2) is 5.38. The molecule has 1 aliphatic rings. The minimum atomic E-state index is -3.60. The average Bonchev–Trinajstić information content (AvgIpc) is 2.64. The van der Waals surface area contributed by atoms with Gasteiger partial charge in [0, 0.05) is 6.04 Å². The summed E-state index contributed by atoms with van der Waals surface area (Å²) in [6.07, 6.45) is 4.95. The Balaban J connectivity index is 2.15. The van der Waals surface area contributed by atoms with Gasteiger partial charge in [-0.3, -0.25) is 5.10 Å². The summed E-state index contributed by atoms with van der Waals surface area (Å²) < 4.78 is 26.9. The van der Waals surface area contributed by atoms with Gasteiger partial charge in [0.25, 0.3) is 0 Å². The molecule has 1 saturated carbocycles. The second-order valence-electron chi connectivity index (χ2n) is 4.79. The smallest absolute Gasteiger partial charge is 0.244 e. The largest absolute Gasteiger partial charge is 0.391 e. The van der Waals surface area contributed by atoms with Crippen LogP contribution in [0.4, 0.5) is 0 Å². The first kappa shape index (κ1) is 13.5. The van der Waals surface area contributed by atoms with Gasteiger partial charge in [-0.2, -0.15) is 5.10 Å². The molecule has 2 atom stereocenters. The molecule has 6 nitrogen and oxygen atoms in total. The van der Waals surface area contributed by atoms with Gasteiger partial charge in [-0.25, -0.2) is 13.1 Å². The molecule has 1 aromatic heterocycles. The van der Waals surface area contributed by atoms with Crippen molar-refractivity contribution in [2.45, 2.75) is 56.1 Å². The molecule has 2 unspecified atom stereocenters. The van der Waals surface area contributed by atoms with Crippen LogP contribution in [-0.4, -0.2) is 35.9 Å². The van der Waals surface area contributed by atoms with Gasteiger partial charge in [0.2, 0.25) is 10.0 Å². The summed E-state index contributed by atoms with van der Waals surface area (Å²) in [6.45, 7) is 1.66. The lowest BCUT2D eigenvalue weighted by atomic mass is 10.1. The van der Waals surface area contributed by atoms with Crippen LogP contribution in [-0.2, 0) is 10.0 Å². The van der Waals surface area contributed by atoms with E-state index < -0.39 is 22.2 Å². The van der Waals surface area contributed by atoms with Crippen LogP contribution in [0.5, 0.6) is 0 Å². The third kappa shape index (κ3) is 2.90. The molecule has 0 amide bonds. The van der Waals surface area contributed by atoms with Gasteiger partial charge in [0.05, 0.1) is 18.0 Å². The molecule has 0 aromatic carbocycles. The maximum atomic E-state index is 12.2. The summed E-state index contributed by atoms with van der Waals surface area (Å²) in [5.41, 5.74) is 0.505. The van der Waals surface area contributed by atoms with E-state index in [-0.39, 0.29) is 4.90 Å². The number of aryl methyl sites for hydroxylation is 1. The highest BCUT2D eigenvalue weighted by Crippen LogP contribution is 2.20. The van der Waals surface area contributed by atoms with Gasteiger partial charge in [0.1, 0.15) is 4.90 Å². The minimum Gasteiger partial charge on any atom is -0.391 e. The first-order valence-corrected chi connectivity index (χ1v) is 7.69. The third-order valence-corrected chi connectivity index (χ3v) is 4.96. The molecule has 1 aromatic rings. The number of H-pyrrole nitrogens is 1. The van der Waals surface area contributed by atoms with Crippen LogP contribution in [0, 0.1) is 6.92 Å². The van der Waals surface area contributed by atoms with Gasteiger partial charge in [0.15, 0.2) is 0 Å². The molecular formula is C11H19N3O3S. The van der Waals surface area contributed by atoms with Crippen molar-refractivity contribution in [2.24, 2.45) is 0 Å². The van der Waals surface area contributed by atoms with Gasteiger partial charge < -0.3 is 5.11 Å². The van der Waals surface area contributed by atoms with E-state index in [0.29, 0.717) is 18.5 Å². The second-order valence-corrected chi connectivity index (χ2v) is 6.47. The van der Waals surface area contributed by atoms with Gasteiger partial charge in [-0.15, -0.1) is 0 Å². The molecule has 0 bridgehead atoms. The highest BCUT2D eigenvalue weighted by molar-refractivity contribution is 7.89. The monoisotopic (exact) mass is 273 g/mol. The quantitative estimate of drug-likeness (QED) is 0.706. The Kier molecular flexibility index (Phi) is 4.04. The van der Waals surface area contributed by atoms with E-state index in [4.69, 9.17) is 0 Å². The van der Waals surface area contributed by atoms with E-state index in [1.807, 2.05) is 0 Å². The number of aliphatic hydroxyl groups is 1. The Labute approximate surface area is 107 Å². The molecule has 3 N–H and O–H groups in total. The van der Waals surface area contributed by atoms with E-state index in [2.05, 4.69) is 14.9 Å². The Morgan fingerprint density at radius 2 is 2.11 bits per heavy atom. The van der Waals surface area contributed by atoms with Crippen LogP contribution in [0.15, 0.2) is 11.1 Å². The van der Waals surface area contributed by atoms with Crippen molar-refractivity contribution < 1.29 is 13.5 Å². The van der Waals surface area contributed by atoms with Crippen LogP contribution in [0.1, 0.15) is 37.8 Å². The standard InChI is InChI=1S/C11H19N3O3S/c1-8-11(7-12-13-8)18(16,17)14-9-5-3-2-4-6-10(9)15/h7,9-10,14-15H,2-6H2,1H3,(H,12,13). The molecule has 1 aliphatic carbocycles. The summed E-state index contributed by atoms with van der Waals surface area (Å²) in [5.74, 6) is 0. The fraction of sp³-hybridized carbons (Fsp3) is 0.727. The summed E-state index contributed by atoms with van der Waals surface area (Å²) in [6, 6.07) is -0.396. The van der Waals surface area contributed by atoms with Crippen LogP contribution in [0.3, 0.4) is 0 Å². The maximum absolute atomic E-state index is 12.2. The van der Waals surface area contributed by atoms with Crippen molar-refractivity contribution in [2.75, 3.05) is 0 Å². The maximum Gasteiger partial charge on any atom is 0.244 e. The van der Waals surface area contributed by atoms with Gasteiger partial charge in [-0.05, 0) is 19.8 Å². The van der Waals surface area contributed by atoms with Crippen molar-refractivity contribution in [3.8, 4) is 0 Å². The summed E-state index contributed by atoms with van der Waals surface area (Å²) in [5, 5.41) is 16.2. The molecule has 2 rings (SSSR count). The van der Waals surface area contributed by atoms with Crippen molar-refractivity contribution >= 4 is 10.0 Å². The number of sulfonamides is 1. The number of hydrogen-bond donors (Lipinski definition) is 3. The van der Waals surface area contributed by atoms with Crippen molar-refractivity contribution in [3.05, 3.63) is 11.9 Å². The van der Waals surface area contributed by atoms with Gasteiger partial charge in [-0.1, -0.05) is 19.3 Å². The fourth-order valence-electron chi connectivity index (χ4n) is 2.30. The van der Waals surface area contributed by atoms with E-state index in [0.717, 1.165) is 19.3 Å². The SMILES string of the molecule is Cc1[nH]ncc1S(=O)(=O)NC1CCCCCC1O. The normalized spacial score (nSPS) is 25.9. The highest BCUT2D eigenvalue weighted by Gasteiger charge is 2.28. The predicted molar refractivity (Wildman–Crippen MR) is 66.5 cm³/mol. The van der Waals surface area contributed by atoms with E-state index >= 15 is 0 Å². The average molecular weight is 273 g/mol. The molecule has 0 aliphatic heterocycles. The molecule has 0 spiro atoms. The first-order chi connectivity index (χ1) is 8.50. The Morgan fingerprint density at radius 1 is 1.39 bits per heavy atom. The topological polar surface area (TPSA) is 95.1 Å². The van der Waals surface area contributed by atoms with Crippen LogP contribution in [0.2, 0.25) is 0 Å². The molecule has 1 fully saturated rings. The molecule has 0 radical (unpaired) electrons. The summed E-state index contributed by atoms with van der Waals surface area (Å²) in [7, 11) is -3.60. The summed E-state index contributed by atoms with van der Waals surface area (Å²) >= 11 is 0. The zero-order valence-corrected chi connectivity index (χ0v) is 11.2. The van der Waals surface area contributed by atoms with Gasteiger partial charge >= 0.3 is 0 Å². The zero-order valence-electron chi connectivity index (χ0n) is 10.4. The fourth-order valence-corrected chi connectivity index (χ4v) is 3.74. The first-order valence-electron chi connectivity index (χ1n) is 6.21. The molecule has 1 heterocycles. The van der Waals surface area contributed by atoms with E-state index in [1.54, 1.807) is 6.92 Å². The lowest BCUT2D eigenvalue weighted by molar-refractivity contribution is 0.130. The van der Waals surface area contributed by atoms with Crippen LogP contribution in [0.25, 0.3) is 0 Å². The molecule has 102 valence electrons. The molecule has 7 heteroatoms. The number of aliphatic hydroxyl groups excluding tert-OH is 1. The Hall–Kier alpha value is -0.920. The lowest BCUT2D eigenvalue weighted by Crippen LogP contribution is -2.42. The summed E-state index contributed by atoms with van der Waals surface area (Å²) in [4.78, 5) is 0.152. The van der Waals surface area contributed by atoms with E-state index in [9.17, 15) is 13.5 Å². The number of nitrogens with zero attached hydrogens (tertiary/aromatic N) is 1. The highest BCUT2D eigenvalue weighted by atomic mass is 32.2. The lowest BCUT2D eigenvalue weighted by Gasteiger charge is -2.21. The van der Waals surface area contributed by atoms with E-state index in [1.165, 1.54) is 6.20 Å². The third-order valence-electron chi connectivity index (χ3n) is 3.36. The van der Waals surface area contributed by atoms with Crippen LogP contribution < -0.4 is 4.72 Å². The Bertz CT molecular complexity index is 497.